The number of carbonyl (C=O) groups excluding carboxylic acids is 2. The van der Waals surface area contributed by atoms with Gasteiger partial charge in [-0.05, 0) is 42.3 Å². The Morgan fingerprint density at radius 3 is 2.47 bits per heavy atom. The van der Waals surface area contributed by atoms with E-state index in [2.05, 4.69) is 20.6 Å². The first-order valence-electron chi connectivity index (χ1n) is 8.78. The first-order chi connectivity index (χ1) is 14.2. The number of aromatic amines is 1. The number of hydrogen-bond donors (Lipinski definition) is 5. The Bertz CT molecular complexity index is 1120. The quantitative estimate of drug-likeness (QED) is 0.423. The fraction of sp³-hybridized carbons (Fsp3) is 0.100. The number of hydrogen-bond acceptors (Lipinski definition) is 4. The SMILES string of the molecule is Cc1ccc(F)c(NC(=O)Nc2[nH]c(Cc3ccc(C(=O)O)cc3)nc2C(N)=O)c1. The van der Waals surface area contributed by atoms with Crippen LogP contribution in [0.1, 0.15) is 37.8 Å². The summed E-state index contributed by atoms with van der Waals surface area (Å²) in [4.78, 5) is 41.7. The molecule has 3 rings (SSSR count). The third-order valence-electron chi connectivity index (χ3n) is 4.17. The second-order valence-corrected chi connectivity index (χ2v) is 6.51. The predicted octanol–water partition coefficient (Wildman–Crippen LogP) is 2.89. The number of nitrogens with zero attached hydrogens (tertiary/aromatic N) is 1. The molecular weight excluding hydrogens is 393 g/mol. The predicted molar refractivity (Wildman–Crippen MR) is 107 cm³/mol. The van der Waals surface area contributed by atoms with Gasteiger partial charge in [-0.3, -0.25) is 10.1 Å². The fourth-order valence-corrected chi connectivity index (χ4v) is 2.74. The van der Waals surface area contributed by atoms with Gasteiger partial charge in [0.2, 0.25) is 0 Å². The molecule has 0 saturated heterocycles. The fourth-order valence-electron chi connectivity index (χ4n) is 2.74. The van der Waals surface area contributed by atoms with E-state index in [0.29, 0.717) is 5.82 Å². The van der Waals surface area contributed by atoms with Crippen molar-refractivity contribution in [3.63, 3.8) is 0 Å². The van der Waals surface area contributed by atoms with Gasteiger partial charge in [0.1, 0.15) is 17.5 Å². The number of primary amides is 1. The number of imidazole rings is 1. The molecule has 6 N–H and O–H groups in total. The van der Waals surface area contributed by atoms with Gasteiger partial charge < -0.3 is 21.1 Å². The summed E-state index contributed by atoms with van der Waals surface area (Å²) in [6, 6.07) is 9.56. The van der Waals surface area contributed by atoms with Crippen LogP contribution in [0, 0.1) is 12.7 Å². The summed E-state index contributed by atoms with van der Waals surface area (Å²) in [6.45, 7) is 1.75. The van der Waals surface area contributed by atoms with Crippen molar-refractivity contribution < 1.29 is 23.9 Å². The van der Waals surface area contributed by atoms with Crippen LogP contribution in [0.15, 0.2) is 42.5 Å². The van der Waals surface area contributed by atoms with Crippen molar-refractivity contribution in [1.82, 2.24) is 9.97 Å². The Morgan fingerprint density at radius 1 is 1.13 bits per heavy atom. The lowest BCUT2D eigenvalue weighted by Gasteiger charge is -2.08. The van der Waals surface area contributed by atoms with E-state index in [1.807, 2.05) is 0 Å². The Morgan fingerprint density at radius 2 is 1.83 bits per heavy atom. The zero-order valence-corrected chi connectivity index (χ0v) is 15.8. The summed E-state index contributed by atoms with van der Waals surface area (Å²) in [7, 11) is 0. The number of halogens is 1. The molecule has 0 unspecified atom stereocenters. The lowest BCUT2D eigenvalue weighted by molar-refractivity contribution is 0.0696. The summed E-state index contributed by atoms with van der Waals surface area (Å²) < 4.78 is 13.8. The number of aryl methyl sites for hydroxylation is 1. The maximum Gasteiger partial charge on any atom is 0.335 e. The summed E-state index contributed by atoms with van der Waals surface area (Å²) in [6.07, 6.45) is 0.232. The van der Waals surface area contributed by atoms with Gasteiger partial charge in [0.15, 0.2) is 5.69 Å². The minimum Gasteiger partial charge on any atom is -0.478 e. The van der Waals surface area contributed by atoms with Crippen LogP contribution >= 0.6 is 0 Å². The Hall–Kier alpha value is -4.21. The van der Waals surface area contributed by atoms with E-state index in [1.165, 1.54) is 24.3 Å². The molecule has 0 spiro atoms. The number of carboxylic acids is 1. The van der Waals surface area contributed by atoms with Gasteiger partial charge in [-0.2, -0.15) is 0 Å². The molecule has 9 nitrogen and oxygen atoms in total. The molecular formula is C20H18FN5O4. The first kappa shape index (κ1) is 20.5. The van der Waals surface area contributed by atoms with E-state index in [-0.39, 0.29) is 29.2 Å². The minimum atomic E-state index is -1.04. The zero-order chi connectivity index (χ0) is 21.8. The number of aromatic carboxylic acids is 1. The van der Waals surface area contributed by atoms with E-state index in [9.17, 15) is 18.8 Å². The smallest absolute Gasteiger partial charge is 0.335 e. The molecule has 0 aliphatic rings. The number of aromatic nitrogens is 2. The van der Waals surface area contributed by atoms with Crippen molar-refractivity contribution in [1.29, 1.82) is 0 Å². The van der Waals surface area contributed by atoms with Gasteiger partial charge in [-0.1, -0.05) is 18.2 Å². The molecule has 30 heavy (non-hydrogen) atoms. The van der Waals surface area contributed by atoms with Crippen LogP contribution in [0.5, 0.6) is 0 Å². The molecule has 0 aliphatic carbocycles. The van der Waals surface area contributed by atoms with Crippen molar-refractivity contribution in [3.05, 3.63) is 76.5 Å². The first-order valence-corrected chi connectivity index (χ1v) is 8.78. The van der Waals surface area contributed by atoms with Crippen molar-refractivity contribution in [2.75, 3.05) is 10.6 Å². The van der Waals surface area contributed by atoms with E-state index < -0.39 is 23.7 Å². The largest absolute Gasteiger partial charge is 0.478 e. The van der Waals surface area contributed by atoms with Gasteiger partial charge in [-0.15, -0.1) is 0 Å². The van der Waals surface area contributed by atoms with Crippen molar-refractivity contribution in [3.8, 4) is 0 Å². The van der Waals surface area contributed by atoms with Gasteiger partial charge in [0, 0.05) is 6.42 Å². The van der Waals surface area contributed by atoms with Crippen LogP contribution in [-0.4, -0.2) is 33.0 Å². The van der Waals surface area contributed by atoms with Gasteiger partial charge in [0.05, 0.1) is 11.3 Å². The number of nitrogens with two attached hydrogens (primary N) is 1. The highest BCUT2D eigenvalue weighted by atomic mass is 19.1. The van der Waals surface area contributed by atoms with Gasteiger partial charge in [-0.25, -0.2) is 19.0 Å². The molecule has 0 bridgehead atoms. The van der Waals surface area contributed by atoms with E-state index in [1.54, 1.807) is 25.1 Å². The highest BCUT2D eigenvalue weighted by Gasteiger charge is 2.18. The van der Waals surface area contributed by atoms with Crippen LogP contribution in [0.2, 0.25) is 0 Å². The molecule has 10 heteroatoms. The summed E-state index contributed by atoms with van der Waals surface area (Å²) >= 11 is 0. The topological polar surface area (TPSA) is 150 Å². The van der Waals surface area contributed by atoms with E-state index in [0.717, 1.165) is 11.1 Å². The number of carboxylic acid groups (broad SMARTS) is 1. The maximum absolute atomic E-state index is 13.8. The van der Waals surface area contributed by atoms with Crippen LogP contribution < -0.4 is 16.4 Å². The molecule has 2 aromatic carbocycles. The lowest BCUT2D eigenvalue weighted by Crippen LogP contribution is -2.23. The number of anilines is 2. The molecule has 3 aromatic rings. The van der Waals surface area contributed by atoms with Crippen LogP contribution in [-0.2, 0) is 6.42 Å². The average molecular weight is 411 g/mol. The third-order valence-corrected chi connectivity index (χ3v) is 4.17. The van der Waals surface area contributed by atoms with Crippen LogP contribution in [0.3, 0.4) is 0 Å². The lowest BCUT2D eigenvalue weighted by atomic mass is 10.1. The molecule has 0 fully saturated rings. The van der Waals surface area contributed by atoms with Crippen LogP contribution in [0.25, 0.3) is 0 Å². The highest BCUT2D eigenvalue weighted by molar-refractivity contribution is 6.04. The number of nitrogens with one attached hydrogen (secondary N) is 3. The van der Waals surface area contributed by atoms with Gasteiger partial charge >= 0.3 is 12.0 Å². The number of rotatable bonds is 6. The Labute approximate surface area is 170 Å². The third kappa shape index (κ3) is 4.79. The summed E-state index contributed by atoms with van der Waals surface area (Å²) in [5, 5.41) is 13.7. The standard InChI is InChI=1S/C20H18FN5O4/c1-10-2-7-13(21)14(8-10)23-20(30)26-18-16(17(22)27)24-15(25-18)9-11-3-5-12(6-4-11)19(28)29/h2-8H,9H2,1H3,(H2,22,27)(H,24,25)(H,28,29)(H2,23,26,30). The molecule has 0 aliphatic heterocycles. The molecule has 0 atom stereocenters. The minimum absolute atomic E-state index is 0.0219. The van der Waals surface area contributed by atoms with Gasteiger partial charge in [0.25, 0.3) is 5.91 Å². The number of amides is 3. The maximum atomic E-state index is 13.8. The van der Waals surface area contributed by atoms with E-state index >= 15 is 0 Å². The van der Waals surface area contributed by atoms with Crippen LogP contribution in [0.4, 0.5) is 20.7 Å². The van der Waals surface area contributed by atoms with E-state index in [4.69, 9.17) is 10.8 Å². The summed E-state index contributed by atoms with van der Waals surface area (Å²) in [5.74, 6) is -2.23. The average Bonchev–Trinajstić information content (AvgIpc) is 3.07. The Balaban J connectivity index is 1.76. The molecule has 1 aromatic heterocycles. The monoisotopic (exact) mass is 411 g/mol. The normalized spacial score (nSPS) is 10.5. The molecule has 1 heterocycles. The molecule has 3 amide bonds. The molecule has 0 saturated carbocycles. The number of carbonyl (C=O) groups is 3. The summed E-state index contributed by atoms with van der Waals surface area (Å²) in [5.41, 5.74) is 6.73. The van der Waals surface area contributed by atoms with Crippen molar-refractivity contribution >= 4 is 29.4 Å². The Kier molecular flexibility index (Phi) is 5.77. The zero-order valence-electron chi connectivity index (χ0n) is 15.8. The number of urea groups is 1. The highest BCUT2D eigenvalue weighted by Crippen LogP contribution is 2.18. The number of H-pyrrole nitrogens is 1. The molecule has 154 valence electrons. The molecule has 0 radical (unpaired) electrons. The van der Waals surface area contributed by atoms with Crippen molar-refractivity contribution in [2.24, 2.45) is 5.73 Å². The number of benzene rings is 2. The second-order valence-electron chi connectivity index (χ2n) is 6.51. The van der Waals surface area contributed by atoms with Crippen molar-refractivity contribution in [2.45, 2.75) is 13.3 Å². The second kappa shape index (κ2) is 8.43.